The lowest BCUT2D eigenvalue weighted by atomic mass is 9.87. The summed E-state index contributed by atoms with van der Waals surface area (Å²) in [5.41, 5.74) is 0.340. The molecular weight excluding hydrogens is 468 g/mol. The molecule has 2 aromatic heterocycles. The summed E-state index contributed by atoms with van der Waals surface area (Å²) in [6, 6.07) is 7.05. The topological polar surface area (TPSA) is 109 Å². The molecule has 1 saturated heterocycles. The fraction of sp³-hybridized carbons (Fsp3) is 0.316. The van der Waals surface area contributed by atoms with Gasteiger partial charge in [0.25, 0.3) is 15.9 Å². The quantitative estimate of drug-likeness (QED) is 0.522. The highest BCUT2D eigenvalue weighted by molar-refractivity contribution is 7.93. The molecule has 0 saturated carbocycles. The number of aryl methyl sites for hydroxylation is 1. The second-order valence-corrected chi connectivity index (χ2v) is 10.1. The SMILES string of the molecule is Cc1noc(NS(=O)(=O)c2ccsc2CC2(c3ccc4c(c3)OCO4)CCOO2)c1Cl. The van der Waals surface area contributed by atoms with E-state index in [0.29, 0.717) is 35.1 Å². The summed E-state index contributed by atoms with van der Waals surface area (Å²) < 4.78 is 44.3. The van der Waals surface area contributed by atoms with Crippen molar-refractivity contribution >= 4 is 38.8 Å². The van der Waals surface area contributed by atoms with Gasteiger partial charge in [-0.15, -0.1) is 11.3 Å². The van der Waals surface area contributed by atoms with E-state index in [4.69, 9.17) is 35.4 Å². The van der Waals surface area contributed by atoms with E-state index in [1.165, 1.54) is 17.4 Å². The van der Waals surface area contributed by atoms with Gasteiger partial charge in [-0.1, -0.05) is 22.8 Å². The molecule has 4 heterocycles. The van der Waals surface area contributed by atoms with E-state index in [-0.39, 0.29) is 29.0 Å². The van der Waals surface area contributed by atoms with Crippen LogP contribution in [0, 0.1) is 6.92 Å². The van der Waals surface area contributed by atoms with Crippen LogP contribution in [0.15, 0.2) is 39.1 Å². The summed E-state index contributed by atoms with van der Waals surface area (Å²) >= 11 is 7.37. The summed E-state index contributed by atoms with van der Waals surface area (Å²) in [6.07, 6.45) is 0.828. The number of thiophene rings is 1. The smallest absolute Gasteiger partial charge is 0.265 e. The molecule has 1 fully saturated rings. The molecule has 164 valence electrons. The molecule has 31 heavy (non-hydrogen) atoms. The molecule has 12 heteroatoms. The number of aromatic nitrogens is 1. The van der Waals surface area contributed by atoms with Gasteiger partial charge >= 0.3 is 0 Å². The van der Waals surface area contributed by atoms with Crippen molar-refractivity contribution in [3.8, 4) is 11.5 Å². The summed E-state index contributed by atoms with van der Waals surface area (Å²) in [6.45, 7) is 2.16. The van der Waals surface area contributed by atoms with E-state index in [2.05, 4.69) is 9.88 Å². The van der Waals surface area contributed by atoms with Gasteiger partial charge in [0.2, 0.25) is 6.79 Å². The molecule has 0 spiro atoms. The zero-order valence-corrected chi connectivity index (χ0v) is 18.6. The molecule has 5 rings (SSSR count). The molecular formula is C19H17ClN2O7S2. The van der Waals surface area contributed by atoms with Gasteiger partial charge in [0.1, 0.15) is 21.2 Å². The number of anilines is 1. The van der Waals surface area contributed by atoms with Gasteiger partial charge in [0.15, 0.2) is 11.5 Å². The summed E-state index contributed by atoms with van der Waals surface area (Å²) in [5.74, 6) is 1.14. The average Bonchev–Trinajstić information content (AvgIpc) is 3.53. The Morgan fingerprint density at radius 3 is 2.84 bits per heavy atom. The van der Waals surface area contributed by atoms with Crippen molar-refractivity contribution in [3.63, 3.8) is 0 Å². The second kappa shape index (κ2) is 7.68. The molecule has 9 nitrogen and oxygen atoms in total. The van der Waals surface area contributed by atoms with Gasteiger partial charge < -0.3 is 14.0 Å². The minimum atomic E-state index is -3.97. The molecule has 1 atom stereocenters. The maximum absolute atomic E-state index is 13.1. The maximum atomic E-state index is 13.1. The third-order valence-electron chi connectivity index (χ3n) is 5.16. The van der Waals surface area contributed by atoms with Crippen molar-refractivity contribution in [1.82, 2.24) is 5.16 Å². The Bertz CT molecular complexity index is 1230. The van der Waals surface area contributed by atoms with Gasteiger partial charge in [-0.25, -0.2) is 22.9 Å². The number of sulfonamides is 1. The Morgan fingerprint density at radius 1 is 1.26 bits per heavy atom. The van der Waals surface area contributed by atoms with E-state index in [9.17, 15) is 8.42 Å². The monoisotopic (exact) mass is 484 g/mol. The van der Waals surface area contributed by atoms with Crippen LogP contribution in [-0.4, -0.2) is 27.0 Å². The van der Waals surface area contributed by atoms with Gasteiger partial charge in [-0.05, 0) is 36.1 Å². The number of hydrogen-bond acceptors (Lipinski definition) is 9. The lowest BCUT2D eigenvalue weighted by Crippen LogP contribution is -2.28. The van der Waals surface area contributed by atoms with Crippen molar-refractivity contribution in [2.45, 2.75) is 30.3 Å². The number of nitrogens with one attached hydrogen (secondary N) is 1. The van der Waals surface area contributed by atoms with Crippen molar-refractivity contribution in [2.75, 3.05) is 18.1 Å². The molecule has 0 aliphatic carbocycles. The Morgan fingerprint density at radius 2 is 2.10 bits per heavy atom. The highest BCUT2D eigenvalue weighted by Gasteiger charge is 2.42. The number of hydrogen-bond donors (Lipinski definition) is 1. The number of benzene rings is 1. The van der Waals surface area contributed by atoms with Gasteiger partial charge in [0.05, 0.1) is 6.61 Å². The van der Waals surface area contributed by atoms with E-state index < -0.39 is 15.6 Å². The molecule has 3 aromatic rings. The first-order valence-electron chi connectivity index (χ1n) is 9.30. The van der Waals surface area contributed by atoms with Crippen LogP contribution in [0.1, 0.15) is 22.6 Å². The van der Waals surface area contributed by atoms with E-state index in [1.54, 1.807) is 12.3 Å². The molecule has 0 radical (unpaired) electrons. The van der Waals surface area contributed by atoms with Crippen LogP contribution < -0.4 is 14.2 Å². The predicted molar refractivity (Wildman–Crippen MR) is 111 cm³/mol. The van der Waals surface area contributed by atoms with Crippen LogP contribution in [0.3, 0.4) is 0 Å². The zero-order valence-electron chi connectivity index (χ0n) is 16.2. The van der Waals surface area contributed by atoms with Crippen molar-refractivity contribution < 1.29 is 32.2 Å². The number of ether oxygens (including phenoxy) is 2. The third-order valence-corrected chi connectivity index (χ3v) is 8.08. The fourth-order valence-electron chi connectivity index (χ4n) is 3.55. The number of rotatable bonds is 6. The summed E-state index contributed by atoms with van der Waals surface area (Å²) in [7, 11) is -3.97. The zero-order chi connectivity index (χ0) is 21.6. The molecule has 2 aliphatic rings. The van der Waals surface area contributed by atoms with Gasteiger partial charge in [-0.2, -0.15) is 0 Å². The molecule has 1 N–H and O–H groups in total. The van der Waals surface area contributed by atoms with E-state index in [1.807, 2.05) is 18.2 Å². The first-order chi connectivity index (χ1) is 14.9. The Hall–Kier alpha value is -2.31. The molecule has 0 amide bonds. The van der Waals surface area contributed by atoms with Crippen LogP contribution in [0.25, 0.3) is 0 Å². The Balaban J connectivity index is 1.47. The fourth-order valence-corrected chi connectivity index (χ4v) is 6.26. The predicted octanol–water partition coefficient (Wildman–Crippen LogP) is 4.02. The first kappa shape index (κ1) is 20.6. The highest BCUT2D eigenvalue weighted by Crippen LogP contribution is 2.44. The first-order valence-corrected chi connectivity index (χ1v) is 12.0. The van der Waals surface area contributed by atoms with Gasteiger partial charge in [-0.3, -0.25) is 0 Å². The molecule has 1 unspecified atom stereocenters. The van der Waals surface area contributed by atoms with Crippen molar-refractivity contribution in [1.29, 1.82) is 0 Å². The number of nitrogens with zero attached hydrogens (tertiary/aromatic N) is 1. The van der Waals surface area contributed by atoms with Crippen LogP contribution in [0.4, 0.5) is 5.88 Å². The lowest BCUT2D eigenvalue weighted by Gasteiger charge is -2.26. The van der Waals surface area contributed by atoms with Crippen LogP contribution >= 0.6 is 22.9 Å². The van der Waals surface area contributed by atoms with Crippen molar-refractivity contribution in [2.24, 2.45) is 0 Å². The van der Waals surface area contributed by atoms with E-state index >= 15 is 0 Å². The largest absolute Gasteiger partial charge is 0.454 e. The summed E-state index contributed by atoms with van der Waals surface area (Å²) in [4.78, 5) is 11.7. The van der Waals surface area contributed by atoms with Crippen molar-refractivity contribution in [3.05, 3.63) is 50.8 Å². The Labute approximate surface area is 186 Å². The Kier molecular flexibility index (Phi) is 5.10. The molecule has 0 bridgehead atoms. The summed E-state index contributed by atoms with van der Waals surface area (Å²) in [5, 5.41) is 5.50. The molecule has 2 aliphatic heterocycles. The lowest BCUT2D eigenvalue weighted by molar-refractivity contribution is -0.313. The minimum absolute atomic E-state index is 0.109. The average molecular weight is 485 g/mol. The van der Waals surface area contributed by atoms with Gasteiger partial charge in [0, 0.05) is 17.7 Å². The minimum Gasteiger partial charge on any atom is -0.454 e. The van der Waals surface area contributed by atoms with E-state index in [0.717, 1.165) is 5.56 Å². The maximum Gasteiger partial charge on any atom is 0.265 e. The second-order valence-electron chi connectivity index (χ2n) is 7.12. The van der Waals surface area contributed by atoms with Crippen LogP contribution in [0.2, 0.25) is 5.02 Å². The molecule has 1 aromatic carbocycles. The third kappa shape index (κ3) is 3.66. The normalized spacial score (nSPS) is 20.3. The van der Waals surface area contributed by atoms with Crippen LogP contribution in [0.5, 0.6) is 11.5 Å². The number of halogens is 1. The highest BCUT2D eigenvalue weighted by atomic mass is 35.5. The standard InChI is InChI=1S/C19H17ClN2O7S2/c1-11-17(20)18(28-21-11)22-31(23,24)16-4-7-30-15(16)9-19(5-6-27-29-19)12-2-3-13-14(8-12)26-10-25-13/h2-4,7-8,22H,5-6,9-10H2,1H3. The van der Waals surface area contributed by atoms with Crippen LogP contribution in [-0.2, 0) is 31.8 Å². The number of fused-ring (bicyclic) bond motifs is 1.